The smallest absolute Gasteiger partial charge is 0.337 e. The number of aryl methyl sites for hydroxylation is 6. The summed E-state index contributed by atoms with van der Waals surface area (Å²) in [6, 6.07) is 23.9. The van der Waals surface area contributed by atoms with Gasteiger partial charge in [0.15, 0.2) is 12.1 Å². The van der Waals surface area contributed by atoms with E-state index < -0.39 is 42.0 Å². The van der Waals surface area contributed by atoms with Gasteiger partial charge in [0, 0.05) is 64.0 Å². The van der Waals surface area contributed by atoms with Crippen LogP contribution in [0.25, 0.3) is 21.8 Å². The molecule has 82 heavy (non-hydrogen) atoms. The van der Waals surface area contributed by atoms with Gasteiger partial charge in [0.05, 0.1) is 42.4 Å². The van der Waals surface area contributed by atoms with Crippen LogP contribution in [0.3, 0.4) is 0 Å². The van der Waals surface area contributed by atoms with Crippen molar-refractivity contribution in [2.75, 3.05) is 40.4 Å². The number of carbonyl (C=O) groups excluding carboxylic acids is 7. The van der Waals surface area contributed by atoms with E-state index in [0.717, 1.165) is 123 Å². The first-order valence-electron chi connectivity index (χ1n) is 28.5. The maximum Gasteiger partial charge on any atom is 0.337 e. The fourth-order valence-corrected chi connectivity index (χ4v) is 12.6. The van der Waals surface area contributed by atoms with Crippen molar-refractivity contribution in [3.8, 4) is 0 Å². The summed E-state index contributed by atoms with van der Waals surface area (Å²) in [5.74, 6) is -2.25. The van der Waals surface area contributed by atoms with Crippen molar-refractivity contribution in [2.24, 2.45) is 0 Å². The van der Waals surface area contributed by atoms with Gasteiger partial charge in [-0.1, -0.05) is 59.7 Å². The Kier molecular flexibility index (Phi) is 19.6. The Bertz CT molecular complexity index is 3410. The average Bonchev–Trinajstić information content (AvgIpc) is 1.88. The molecule has 16 heteroatoms. The van der Waals surface area contributed by atoms with E-state index in [4.69, 9.17) is 18.9 Å². The third kappa shape index (κ3) is 13.5. The number of cyclic esters (lactones) is 2. The van der Waals surface area contributed by atoms with Crippen LogP contribution >= 0.6 is 0 Å². The van der Waals surface area contributed by atoms with Crippen molar-refractivity contribution in [2.45, 2.75) is 137 Å². The highest BCUT2D eigenvalue weighted by Crippen LogP contribution is 2.48. The summed E-state index contributed by atoms with van der Waals surface area (Å²) >= 11 is 0. The molecule has 0 radical (unpaired) electrons. The molecule has 16 nitrogen and oxygen atoms in total. The number of esters is 4. The van der Waals surface area contributed by atoms with Gasteiger partial charge in [-0.25, -0.2) is 9.59 Å². The van der Waals surface area contributed by atoms with E-state index in [1.165, 1.54) is 11.1 Å². The van der Waals surface area contributed by atoms with Gasteiger partial charge in [0.1, 0.15) is 30.8 Å². The molecule has 3 N–H and O–H groups in total. The van der Waals surface area contributed by atoms with Crippen molar-refractivity contribution in [1.29, 1.82) is 0 Å². The number of H-pyrrole nitrogens is 2. The molecule has 5 atom stereocenters. The second-order valence-corrected chi connectivity index (χ2v) is 22.0. The molecule has 0 amide bonds. The standard InChI is InChI=1S/C33H37N3O4.C14H16O3.C10H17NO3.C9H7NO/c1-6-39-32(37)30-28(22-9-7-10-23-21(22)12-13-34-23)29-24(35-31(30)25-11-8-14-36(25)5)17-26(40-33(29)38)27-19(3)15-18(2)16-20(27)4;1-8-4-9(2)14(10(3)5-8)12-6-11(15)7-13(16)17-12;1-3-14-10(13)7-9(12)8-5-4-6-11(8)2;11-6-7-2-1-3-9-8(7)4-5-10-9/h7,9-10,12-13,15-16,25-26,28,34-35H,6,8,11,14,17H2,1-5H3;4-5,12H,6-7H2,1-3H3;8H,3-7H2,1-2H3;1-6,10H/t25-,26?,28?;;8-;/m0.0./s1. The minimum Gasteiger partial charge on any atom is -0.466 e. The number of fused-ring (bicyclic) bond motifs is 2. The first-order valence-corrected chi connectivity index (χ1v) is 28.5. The van der Waals surface area contributed by atoms with E-state index in [0.29, 0.717) is 30.6 Å². The summed E-state index contributed by atoms with van der Waals surface area (Å²) in [6.07, 6.45) is 8.31. The average molecular weight is 1120 g/mol. The summed E-state index contributed by atoms with van der Waals surface area (Å²) in [5.41, 5.74) is 15.1. The Morgan fingerprint density at radius 1 is 0.695 bits per heavy atom. The molecule has 11 rings (SSSR count). The van der Waals surface area contributed by atoms with Crippen LogP contribution in [0.2, 0.25) is 0 Å². The quantitative estimate of drug-likeness (QED) is 0.0478. The summed E-state index contributed by atoms with van der Waals surface area (Å²) in [6.45, 7) is 18.3. The fraction of sp³-hybridized carbons (Fsp3) is 0.409. The lowest BCUT2D eigenvalue weighted by Crippen LogP contribution is -2.43. The number of aldehydes is 1. The molecule has 3 saturated heterocycles. The second kappa shape index (κ2) is 26.8. The van der Waals surface area contributed by atoms with Crippen LogP contribution in [0.4, 0.5) is 0 Å². The molecule has 5 aliphatic heterocycles. The van der Waals surface area contributed by atoms with Crippen molar-refractivity contribution in [3.05, 3.63) is 163 Å². The van der Waals surface area contributed by atoms with Gasteiger partial charge in [-0.05, 0) is 171 Å². The largest absolute Gasteiger partial charge is 0.466 e. The van der Waals surface area contributed by atoms with Crippen molar-refractivity contribution < 1.29 is 52.5 Å². The van der Waals surface area contributed by atoms with Crippen LogP contribution in [-0.4, -0.2) is 114 Å². The van der Waals surface area contributed by atoms with E-state index in [1.54, 1.807) is 6.92 Å². The third-order valence-electron chi connectivity index (χ3n) is 16.0. The third-order valence-corrected chi connectivity index (χ3v) is 16.0. The fourth-order valence-electron chi connectivity index (χ4n) is 12.6. The first kappa shape index (κ1) is 60.2. The van der Waals surface area contributed by atoms with Gasteiger partial charge in [-0.2, -0.15) is 0 Å². The molecule has 0 saturated carbocycles. The van der Waals surface area contributed by atoms with Crippen LogP contribution in [0.1, 0.15) is 144 Å². The summed E-state index contributed by atoms with van der Waals surface area (Å²) in [7, 11) is 4.01. The lowest BCUT2D eigenvalue weighted by molar-refractivity contribution is -0.158. The predicted molar refractivity (Wildman–Crippen MR) is 314 cm³/mol. The Hall–Kier alpha value is -7.95. The Balaban J connectivity index is 0.000000170. The number of nitrogens with zero attached hydrogens (tertiary/aromatic N) is 2. The number of aromatic amines is 2. The molecule has 0 aliphatic carbocycles. The van der Waals surface area contributed by atoms with E-state index >= 15 is 0 Å². The zero-order valence-electron chi connectivity index (χ0n) is 48.9. The number of carbonyl (C=O) groups is 7. The molecule has 0 bridgehead atoms. The number of nitrogens with one attached hydrogen (secondary N) is 3. The lowest BCUT2D eigenvalue weighted by Gasteiger charge is -2.40. The maximum absolute atomic E-state index is 14.1. The van der Waals surface area contributed by atoms with E-state index in [1.807, 2.05) is 101 Å². The minimum atomic E-state index is -0.604. The zero-order chi connectivity index (χ0) is 58.9. The Morgan fingerprint density at radius 2 is 1.27 bits per heavy atom. The van der Waals surface area contributed by atoms with Gasteiger partial charge >= 0.3 is 23.9 Å². The molecule has 2 aromatic heterocycles. The van der Waals surface area contributed by atoms with Crippen LogP contribution < -0.4 is 5.32 Å². The SMILES string of the molecule is CCOC(=O)C1=C([C@@H]2CCCN2C)NC2=C(C(=O)OC(c3c(C)cc(C)cc3C)C2)C1c1cccc2[nH]ccc12.CCOC(=O)CC(=O)[C@@H]1CCCN1C.Cc1cc(C)c(C2CC(=O)CC(=O)O2)c(C)c1.O=Cc1cccc2[nH]ccc12. The number of rotatable bonds is 11. The summed E-state index contributed by atoms with van der Waals surface area (Å²) in [5, 5.41) is 5.61. The molecule has 0 spiro atoms. The van der Waals surface area contributed by atoms with Crippen LogP contribution in [0.15, 0.2) is 108 Å². The van der Waals surface area contributed by atoms with Crippen LogP contribution in [-0.2, 0) is 47.7 Å². The number of hydrogen-bond acceptors (Lipinski definition) is 14. The first-order chi connectivity index (χ1) is 39.3. The number of hydrogen-bond donors (Lipinski definition) is 3. The van der Waals surface area contributed by atoms with Crippen LogP contribution in [0, 0.1) is 41.5 Å². The topological polar surface area (TPSA) is 206 Å². The summed E-state index contributed by atoms with van der Waals surface area (Å²) in [4.78, 5) is 94.4. The monoisotopic (exact) mass is 1120 g/mol. The molecular weight excluding hydrogens is 1040 g/mol. The van der Waals surface area contributed by atoms with Crippen molar-refractivity contribution in [3.63, 3.8) is 0 Å². The van der Waals surface area contributed by atoms with Gasteiger partial charge in [0.2, 0.25) is 0 Å². The van der Waals surface area contributed by atoms with Gasteiger partial charge < -0.3 is 34.2 Å². The molecule has 5 aliphatic rings. The summed E-state index contributed by atoms with van der Waals surface area (Å²) < 4.78 is 21.9. The van der Waals surface area contributed by atoms with Crippen molar-refractivity contribution >= 4 is 63.5 Å². The Morgan fingerprint density at radius 3 is 1.83 bits per heavy atom. The number of ether oxygens (including phenoxy) is 4. The molecule has 432 valence electrons. The number of aromatic nitrogens is 2. The van der Waals surface area contributed by atoms with Gasteiger partial charge in [-0.15, -0.1) is 0 Å². The highest BCUT2D eigenvalue weighted by Gasteiger charge is 2.46. The van der Waals surface area contributed by atoms with E-state index in [9.17, 15) is 33.6 Å². The second-order valence-electron chi connectivity index (χ2n) is 22.0. The molecule has 6 aromatic rings. The number of likely N-dealkylation sites (tertiary alicyclic amines) is 2. The van der Waals surface area contributed by atoms with Gasteiger partial charge in [-0.3, -0.25) is 33.8 Å². The molecular formula is C66H77N5O11. The lowest BCUT2D eigenvalue weighted by atomic mass is 9.76. The number of likely N-dealkylation sites (N-methyl/N-ethyl adjacent to an activating group) is 2. The Labute approximate surface area is 480 Å². The maximum atomic E-state index is 14.1. The molecule has 4 aromatic carbocycles. The normalized spacial score (nSPS) is 20.8. The van der Waals surface area contributed by atoms with Crippen molar-refractivity contribution in [1.82, 2.24) is 25.1 Å². The van der Waals surface area contributed by atoms with E-state index in [-0.39, 0.29) is 43.1 Å². The van der Waals surface area contributed by atoms with Gasteiger partial charge in [0.25, 0.3) is 0 Å². The zero-order valence-corrected chi connectivity index (χ0v) is 48.9. The van der Waals surface area contributed by atoms with E-state index in [2.05, 4.69) is 72.3 Å². The number of Topliss-reactive ketones (excluding diaryl/α,β-unsaturated/α-hetero) is 2. The number of dihydropyridines is 1. The highest BCUT2D eigenvalue weighted by atomic mass is 16.6. The molecule has 3 fully saturated rings. The predicted octanol–water partition coefficient (Wildman–Crippen LogP) is 10.8. The molecule has 3 unspecified atom stereocenters. The minimum absolute atomic E-state index is 0.0107. The highest BCUT2D eigenvalue weighted by molar-refractivity contribution is 6.03. The number of benzene rings is 4. The molecule has 7 heterocycles. The number of ketones is 2. The van der Waals surface area contributed by atoms with Crippen LogP contribution in [0.5, 0.6) is 0 Å².